The maximum absolute atomic E-state index is 12.4. The molecule has 10 nitrogen and oxygen atoms in total. The number of aromatic nitrogens is 4. The third kappa shape index (κ3) is 3.62. The van der Waals surface area contributed by atoms with Gasteiger partial charge < -0.3 is 26.2 Å². The number of hydrogen-bond acceptors (Lipinski definition) is 8. The summed E-state index contributed by atoms with van der Waals surface area (Å²) >= 11 is 0. The summed E-state index contributed by atoms with van der Waals surface area (Å²) in [5, 5.41) is 21.2. The van der Waals surface area contributed by atoms with Gasteiger partial charge in [0.15, 0.2) is 11.5 Å². The lowest BCUT2D eigenvalue weighted by molar-refractivity contribution is -0.0461. The van der Waals surface area contributed by atoms with Crippen LogP contribution in [0.2, 0.25) is 0 Å². The van der Waals surface area contributed by atoms with Gasteiger partial charge in [-0.25, -0.2) is 9.97 Å². The first-order valence-corrected chi connectivity index (χ1v) is 8.99. The van der Waals surface area contributed by atoms with Crippen LogP contribution >= 0.6 is 0 Å². The molecule has 1 amide bonds. The molecule has 1 saturated heterocycles. The Bertz CT molecular complexity index is 1030. The molecule has 29 heavy (non-hydrogen) atoms. The molecule has 1 aromatic carbocycles. The number of nitrogens with zero attached hydrogens (tertiary/aromatic N) is 4. The molecule has 3 aromatic rings. The van der Waals surface area contributed by atoms with Gasteiger partial charge in [0.2, 0.25) is 0 Å². The van der Waals surface area contributed by atoms with Crippen LogP contribution in [0.4, 0.5) is 11.5 Å². The Balaban J connectivity index is 1.62. The highest BCUT2D eigenvalue weighted by molar-refractivity contribution is 6.05. The van der Waals surface area contributed by atoms with Gasteiger partial charge in [-0.2, -0.15) is 5.10 Å². The molecule has 1 aliphatic heterocycles. The SMILES string of the molecule is COc1cccc(C(n2cc(NC(=O)c3nccnc3N)cn2)C2(O)CNC2)c1. The number of anilines is 2. The van der Waals surface area contributed by atoms with Gasteiger partial charge in [-0.3, -0.25) is 9.48 Å². The fourth-order valence-electron chi connectivity index (χ4n) is 3.35. The van der Waals surface area contributed by atoms with Crippen LogP contribution in [0.5, 0.6) is 5.75 Å². The minimum absolute atomic E-state index is 0.0337. The second-order valence-corrected chi connectivity index (χ2v) is 6.84. The largest absolute Gasteiger partial charge is 0.497 e. The van der Waals surface area contributed by atoms with Crippen molar-refractivity contribution in [2.75, 3.05) is 31.2 Å². The van der Waals surface area contributed by atoms with Gasteiger partial charge in [-0.05, 0) is 17.7 Å². The summed E-state index contributed by atoms with van der Waals surface area (Å²) in [6.45, 7) is 0.846. The Morgan fingerprint density at radius 2 is 2.17 bits per heavy atom. The number of nitrogens with one attached hydrogen (secondary N) is 2. The van der Waals surface area contributed by atoms with Crippen molar-refractivity contribution in [3.8, 4) is 5.75 Å². The van der Waals surface area contributed by atoms with Crippen molar-refractivity contribution in [3.63, 3.8) is 0 Å². The number of carbonyl (C=O) groups is 1. The molecule has 4 rings (SSSR count). The van der Waals surface area contributed by atoms with Crippen LogP contribution in [-0.2, 0) is 0 Å². The number of aliphatic hydroxyl groups is 1. The van der Waals surface area contributed by atoms with E-state index in [4.69, 9.17) is 10.5 Å². The molecule has 0 bridgehead atoms. The molecule has 1 aliphatic rings. The summed E-state index contributed by atoms with van der Waals surface area (Å²) in [6.07, 6.45) is 5.97. The lowest BCUT2D eigenvalue weighted by Gasteiger charge is -2.44. The van der Waals surface area contributed by atoms with E-state index in [2.05, 4.69) is 25.7 Å². The van der Waals surface area contributed by atoms with Crippen molar-refractivity contribution in [1.29, 1.82) is 0 Å². The van der Waals surface area contributed by atoms with Gasteiger partial charge in [-0.15, -0.1) is 0 Å². The van der Waals surface area contributed by atoms with Gasteiger partial charge in [0, 0.05) is 31.7 Å². The fraction of sp³-hybridized carbons (Fsp3) is 0.263. The molecule has 2 aromatic heterocycles. The molecule has 0 radical (unpaired) electrons. The van der Waals surface area contributed by atoms with E-state index in [0.717, 1.165) is 5.56 Å². The summed E-state index contributed by atoms with van der Waals surface area (Å²) < 4.78 is 6.94. The molecule has 3 heterocycles. The van der Waals surface area contributed by atoms with Gasteiger partial charge in [0.25, 0.3) is 5.91 Å². The summed E-state index contributed by atoms with van der Waals surface area (Å²) in [4.78, 5) is 20.2. The van der Waals surface area contributed by atoms with Crippen molar-refractivity contribution in [2.24, 2.45) is 0 Å². The third-order valence-corrected chi connectivity index (χ3v) is 4.85. The fourth-order valence-corrected chi connectivity index (χ4v) is 3.35. The van der Waals surface area contributed by atoms with Crippen molar-refractivity contribution < 1.29 is 14.6 Å². The Kier molecular flexibility index (Phi) is 4.87. The number of nitrogen functional groups attached to an aromatic ring is 1. The molecular weight excluding hydrogens is 374 g/mol. The minimum atomic E-state index is -1.02. The lowest BCUT2D eigenvalue weighted by Crippen LogP contribution is -2.64. The van der Waals surface area contributed by atoms with E-state index in [0.29, 0.717) is 24.5 Å². The number of ether oxygens (including phenoxy) is 1. The lowest BCUT2D eigenvalue weighted by atomic mass is 9.83. The Morgan fingerprint density at radius 1 is 1.38 bits per heavy atom. The molecular formula is C19H21N7O3. The number of β-amino-alcohol motifs (C(OH)–C–C–N with tert-alkyl or cyclic N) is 1. The molecule has 0 saturated carbocycles. The Labute approximate surface area is 166 Å². The Hall–Kier alpha value is -3.50. The maximum Gasteiger partial charge on any atom is 0.278 e. The molecule has 150 valence electrons. The standard InChI is InChI=1S/C19H21N7O3/c1-29-14-4-2-3-12(7-14)16(19(28)10-21-11-19)26-9-13(8-24-26)25-18(27)15-17(20)23-6-5-22-15/h2-9,16,21,28H,10-11H2,1H3,(H2,20,23)(H,25,27). The van der Waals surface area contributed by atoms with Crippen LogP contribution in [0.25, 0.3) is 0 Å². The Morgan fingerprint density at radius 3 is 2.86 bits per heavy atom. The third-order valence-electron chi connectivity index (χ3n) is 4.85. The number of hydrogen-bond donors (Lipinski definition) is 4. The van der Waals surface area contributed by atoms with Crippen molar-refractivity contribution >= 4 is 17.4 Å². The highest BCUT2D eigenvalue weighted by Gasteiger charge is 2.45. The quantitative estimate of drug-likeness (QED) is 0.471. The topological polar surface area (TPSA) is 140 Å². The van der Waals surface area contributed by atoms with Crippen molar-refractivity contribution in [3.05, 3.63) is 60.3 Å². The molecule has 0 aliphatic carbocycles. The number of nitrogens with two attached hydrogens (primary N) is 1. The van der Waals surface area contributed by atoms with E-state index in [-0.39, 0.29) is 11.5 Å². The highest BCUT2D eigenvalue weighted by atomic mass is 16.5. The first-order valence-electron chi connectivity index (χ1n) is 8.99. The van der Waals surface area contributed by atoms with E-state index in [1.165, 1.54) is 18.6 Å². The second-order valence-electron chi connectivity index (χ2n) is 6.84. The number of rotatable bonds is 6. The minimum Gasteiger partial charge on any atom is -0.497 e. The molecule has 1 atom stereocenters. The van der Waals surface area contributed by atoms with E-state index in [1.807, 2.05) is 24.3 Å². The van der Waals surface area contributed by atoms with Crippen LogP contribution in [-0.4, -0.2) is 56.6 Å². The van der Waals surface area contributed by atoms with Gasteiger partial charge in [0.1, 0.15) is 17.4 Å². The van der Waals surface area contributed by atoms with E-state index in [1.54, 1.807) is 18.0 Å². The molecule has 1 unspecified atom stereocenters. The van der Waals surface area contributed by atoms with Crippen LogP contribution in [0, 0.1) is 0 Å². The van der Waals surface area contributed by atoms with Gasteiger partial charge in [0.05, 0.1) is 19.0 Å². The number of benzene rings is 1. The average molecular weight is 395 g/mol. The van der Waals surface area contributed by atoms with E-state index in [9.17, 15) is 9.90 Å². The van der Waals surface area contributed by atoms with E-state index >= 15 is 0 Å². The normalized spacial score (nSPS) is 15.9. The summed E-state index contributed by atoms with van der Waals surface area (Å²) in [6, 6.07) is 7.00. The predicted molar refractivity (Wildman–Crippen MR) is 106 cm³/mol. The number of carbonyl (C=O) groups excluding carboxylic acids is 1. The first-order chi connectivity index (χ1) is 14.0. The van der Waals surface area contributed by atoms with Crippen LogP contribution in [0.3, 0.4) is 0 Å². The zero-order valence-corrected chi connectivity index (χ0v) is 15.7. The van der Waals surface area contributed by atoms with Gasteiger partial charge in [-0.1, -0.05) is 12.1 Å². The average Bonchev–Trinajstić information content (AvgIpc) is 3.15. The van der Waals surface area contributed by atoms with Gasteiger partial charge >= 0.3 is 0 Å². The summed E-state index contributed by atoms with van der Waals surface area (Å²) in [5.74, 6) is 0.237. The predicted octanol–water partition coefficient (Wildman–Crippen LogP) is 0.440. The highest BCUT2D eigenvalue weighted by Crippen LogP contribution is 2.34. The van der Waals surface area contributed by atoms with Crippen LogP contribution in [0.15, 0.2) is 49.1 Å². The zero-order chi connectivity index (χ0) is 20.4. The zero-order valence-electron chi connectivity index (χ0n) is 15.7. The maximum atomic E-state index is 12.4. The number of methoxy groups -OCH3 is 1. The molecule has 0 spiro atoms. The first kappa shape index (κ1) is 18.8. The van der Waals surface area contributed by atoms with Crippen molar-refractivity contribution in [1.82, 2.24) is 25.1 Å². The summed E-state index contributed by atoms with van der Waals surface area (Å²) in [7, 11) is 1.59. The molecule has 1 fully saturated rings. The number of amides is 1. The van der Waals surface area contributed by atoms with Crippen molar-refractivity contribution in [2.45, 2.75) is 11.6 Å². The monoisotopic (exact) mass is 395 g/mol. The van der Waals surface area contributed by atoms with Crippen LogP contribution in [0.1, 0.15) is 22.1 Å². The second kappa shape index (κ2) is 7.49. The smallest absolute Gasteiger partial charge is 0.278 e. The molecule has 10 heteroatoms. The van der Waals surface area contributed by atoms with E-state index < -0.39 is 17.6 Å². The summed E-state index contributed by atoms with van der Waals surface area (Å²) in [5.41, 5.74) is 6.01. The van der Waals surface area contributed by atoms with Crippen LogP contribution < -0.4 is 21.1 Å². The molecule has 5 N–H and O–H groups in total.